The maximum Gasteiger partial charge on any atom is 0.312 e. The molecule has 0 unspecified atom stereocenters. The normalized spacial score (nSPS) is 12.5. The van der Waals surface area contributed by atoms with E-state index in [0.29, 0.717) is 16.4 Å². The smallest absolute Gasteiger partial charge is 0.312 e. The van der Waals surface area contributed by atoms with Crippen molar-refractivity contribution >= 4 is 63.7 Å². The van der Waals surface area contributed by atoms with E-state index in [4.69, 9.17) is 5.14 Å². The second-order valence-corrected chi connectivity index (χ2v) is 10.9. The molecule has 0 spiro atoms. The average molecular weight is 509 g/mol. The van der Waals surface area contributed by atoms with Gasteiger partial charge in [0.15, 0.2) is 0 Å². The number of hydrogen-bond donors (Lipinski definition) is 1. The number of pyridine rings is 1. The van der Waals surface area contributed by atoms with Crippen molar-refractivity contribution < 1.29 is 16.8 Å². The summed E-state index contributed by atoms with van der Waals surface area (Å²) in [5, 5.41) is 6.81. The van der Waals surface area contributed by atoms with Gasteiger partial charge in [-0.25, -0.2) is 5.14 Å². The lowest BCUT2D eigenvalue weighted by molar-refractivity contribution is 0.585. The molecule has 0 atom stereocenters. The molecule has 0 bridgehead atoms. The second kappa shape index (κ2) is 7.34. The molecule has 8 nitrogen and oxygen atoms in total. The van der Waals surface area contributed by atoms with Gasteiger partial charge in [0.1, 0.15) is 0 Å². The molecule has 2 aromatic heterocycles. The van der Waals surface area contributed by atoms with Gasteiger partial charge in [-0.3, -0.25) is 4.98 Å². The van der Waals surface area contributed by atoms with Crippen LogP contribution in [0.5, 0.6) is 0 Å². The molecule has 11 heteroatoms. The van der Waals surface area contributed by atoms with Crippen LogP contribution in [0.25, 0.3) is 21.8 Å². The SMILES string of the molecule is CCn1c2ccncc2c2cc(N(S(N)(=O)=O)S(=O)(=O)c3ccc(Br)cc3)ccc21. The van der Waals surface area contributed by atoms with Crippen LogP contribution in [0, 0.1) is 0 Å². The monoisotopic (exact) mass is 508 g/mol. The fourth-order valence-electron chi connectivity index (χ4n) is 3.51. The van der Waals surface area contributed by atoms with Gasteiger partial charge in [0.2, 0.25) is 0 Å². The van der Waals surface area contributed by atoms with Crippen LogP contribution in [-0.2, 0) is 26.8 Å². The zero-order valence-corrected chi connectivity index (χ0v) is 18.9. The van der Waals surface area contributed by atoms with Crippen molar-refractivity contribution in [2.24, 2.45) is 5.14 Å². The highest BCUT2D eigenvalue weighted by Crippen LogP contribution is 2.34. The molecular formula is C19H17BrN4O4S2. The molecule has 0 saturated heterocycles. The fourth-order valence-corrected chi connectivity index (χ4v) is 6.60. The van der Waals surface area contributed by atoms with Gasteiger partial charge in [-0.2, -0.15) is 16.8 Å². The van der Waals surface area contributed by atoms with E-state index < -0.39 is 20.2 Å². The molecule has 0 amide bonds. The molecule has 30 heavy (non-hydrogen) atoms. The van der Waals surface area contributed by atoms with Crippen molar-refractivity contribution in [2.45, 2.75) is 18.4 Å². The minimum absolute atomic E-state index is 0.0769. The highest BCUT2D eigenvalue weighted by atomic mass is 79.9. The summed E-state index contributed by atoms with van der Waals surface area (Å²) in [7, 11) is -9.12. The number of aromatic nitrogens is 2. The van der Waals surface area contributed by atoms with E-state index in [-0.39, 0.29) is 14.3 Å². The van der Waals surface area contributed by atoms with Gasteiger partial charge in [0.05, 0.1) is 16.1 Å². The standard InChI is InChI=1S/C19H17BrN4O4S2/c1-2-23-18-8-5-14(11-16(18)17-12-22-10-9-19(17)23)24(30(21,27)28)29(25,26)15-6-3-13(20)4-7-15/h3-12H,2H2,1H3,(H2,21,27,28). The van der Waals surface area contributed by atoms with Crippen molar-refractivity contribution in [3.8, 4) is 0 Å². The molecule has 2 heterocycles. The van der Waals surface area contributed by atoms with E-state index >= 15 is 0 Å². The minimum Gasteiger partial charge on any atom is -0.341 e. The Balaban J connectivity index is 1.99. The number of fused-ring (bicyclic) bond motifs is 3. The van der Waals surface area contributed by atoms with Crippen LogP contribution in [0.15, 0.2) is 70.3 Å². The summed E-state index contributed by atoms with van der Waals surface area (Å²) in [5.74, 6) is 0. The number of benzene rings is 2. The Morgan fingerprint density at radius 1 is 1.00 bits per heavy atom. The van der Waals surface area contributed by atoms with Crippen molar-refractivity contribution in [1.82, 2.24) is 9.55 Å². The second-order valence-electron chi connectivity index (χ2n) is 6.54. The average Bonchev–Trinajstić information content (AvgIpc) is 3.00. The van der Waals surface area contributed by atoms with Crippen molar-refractivity contribution in [2.75, 3.05) is 3.71 Å². The highest BCUT2D eigenvalue weighted by molar-refractivity contribution is 9.10. The van der Waals surface area contributed by atoms with Gasteiger partial charge in [0.25, 0.3) is 10.0 Å². The van der Waals surface area contributed by atoms with Crippen LogP contribution in [-0.4, -0.2) is 26.4 Å². The lowest BCUT2D eigenvalue weighted by atomic mass is 10.2. The Morgan fingerprint density at radius 2 is 1.67 bits per heavy atom. The van der Waals surface area contributed by atoms with Gasteiger partial charge in [-0.1, -0.05) is 15.9 Å². The molecule has 2 N–H and O–H groups in total. The summed E-state index contributed by atoms with van der Waals surface area (Å²) in [6, 6.07) is 12.1. The first kappa shape index (κ1) is 20.8. The maximum absolute atomic E-state index is 13.2. The van der Waals surface area contributed by atoms with Crippen LogP contribution in [0.2, 0.25) is 0 Å². The number of rotatable bonds is 5. The Kier molecular flexibility index (Phi) is 5.09. The number of nitrogens with two attached hydrogens (primary N) is 1. The summed E-state index contributed by atoms with van der Waals surface area (Å²) >= 11 is 3.23. The summed E-state index contributed by atoms with van der Waals surface area (Å²) in [5.41, 5.74) is 1.67. The third-order valence-electron chi connectivity index (χ3n) is 4.74. The van der Waals surface area contributed by atoms with E-state index in [1.807, 2.05) is 17.6 Å². The first-order chi connectivity index (χ1) is 14.1. The number of aryl methyl sites for hydroxylation is 1. The van der Waals surface area contributed by atoms with Crippen LogP contribution >= 0.6 is 15.9 Å². The quantitative estimate of drug-likeness (QED) is 0.443. The summed E-state index contributed by atoms with van der Waals surface area (Å²) in [6.07, 6.45) is 3.33. The topological polar surface area (TPSA) is 115 Å². The van der Waals surface area contributed by atoms with Crippen LogP contribution in [0.4, 0.5) is 5.69 Å². The van der Waals surface area contributed by atoms with E-state index in [9.17, 15) is 16.8 Å². The van der Waals surface area contributed by atoms with Crippen molar-refractivity contribution in [3.63, 3.8) is 0 Å². The molecule has 4 aromatic rings. The van der Waals surface area contributed by atoms with Crippen molar-refractivity contribution in [1.29, 1.82) is 0 Å². The Bertz CT molecular complexity index is 1480. The molecule has 156 valence electrons. The summed E-state index contributed by atoms with van der Waals surface area (Å²) < 4.78 is 54.1. The summed E-state index contributed by atoms with van der Waals surface area (Å²) in [4.78, 5) is 3.95. The van der Waals surface area contributed by atoms with Crippen molar-refractivity contribution in [3.05, 3.63) is 65.4 Å². The predicted molar refractivity (Wildman–Crippen MR) is 120 cm³/mol. The van der Waals surface area contributed by atoms with Gasteiger partial charge in [-0.15, -0.1) is 3.71 Å². The highest BCUT2D eigenvalue weighted by Gasteiger charge is 2.34. The van der Waals surface area contributed by atoms with E-state index in [1.54, 1.807) is 18.5 Å². The number of sulfonamides is 1. The van der Waals surface area contributed by atoms with Crippen LogP contribution in [0.3, 0.4) is 0 Å². The minimum atomic E-state index is -4.64. The van der Waals surface area contributed by atoms with Gasteiger partial charge < -0.3 is 4.57 Å². The van der Waals surface area contributed by atoms with Gasteiger partial charge >= 0.3 is 10.2 Å². The Hall–Kier alpha value is -2.47. The number of nitrogens with zero attached hydrogens (tertiary/aromatic N) is 3. The van der Waals surface area contributed by atoms with E-state index in [1.165, 1.54) is 36.4 Å². The molecule has 0 aliphatic carbocycles. The molecule has 0 fully saturated rings. The largest absolute Gasteiger partial charge is 0.341 e. The molecule has 0 radical (unpaired) electrons. The number of hydrogen-bond acceptors (Lipinski definition) is 5. The molecule has 4 rings (SSSR count). The van der Waals surface area contributed by atoms with Gasteiger partial charge in [0, 0.05) is 39.7 Å². The molecule has 2 aromatic carbocycles. The molecule has 0 aliphatic heterocycles. The first-order valence-corrected chi connectivity index (χ1v) is 12.6. The lowest BCUT2D eigenvalue weighted by Gasteiger charge is -2.22. The van der Waals surface area contributed by atoms with Crippen LogP contribution < -0.4 is 8.85 Å². The predicted octanol–water partition coefficient (Wildman–Crippen LogP) is 3.37. The summed E-state index contributed by atoms with van der Waals surface area (Å²) in [6.45, 7) is 2.67. The Labute approximate surface area is 182 Å². The maximum atomic E-state index is 13.2. The third-order valence-corrected chi connectivity index (χ3v) is 8.67. The molecule has 0 saturated carbocycles. The number of halogens is 1. The Morgan fingerprint density at radius 3 is 2.30 bits per heavy atom. The zero-order valence-electron chi connectivity index (χ0n) is 15.7. The third kappa shape index (κ3) is 3.37. The van der Waals surface area contributed by atoms with E-state index in [2.05, 4.69) is 20.9 Å². The van der Waals surface area contributed by atoms with Gasteiger partial charge in [-0.05, 0) is 55.5 Å². The van der Waals surface area contributed by atoms with Crippen LogP contribution in [0.1, 0.15) is 6.92 Å². The zero-order chi connectivity index (χ0) is 21.7. The molecule has 0 aliphatic rings. The number of anilines is 1. The molecular weight excluding hydrogens is 492 g/mol. The van der Waals surface area contributed by atoms with E-state index in [0.717, 1.165) is 16.4 Å². The fraction of sp³-hybridized carbons (Fsp3) is 0.105. The first-order valence-electron chi connectivity index (χ1n) is 8.84. The lowest BCUT2D eigenvalue weighted by Crippen LogP contribution is -2.41.